The second-order valence-corrected chi connectivity index (χ2v) is 6.86. The number of benzene rings is 1. The zero-order chi connectivity index (χ0) is 14.8. The van der Waals surface area contributed by atoms with Gasteiger partial charge in [-0.05, 0) is 31.2 Å². The lowest BCUT2D eigenvalue weighted by atomic mass is 9.89. The smallest absolute Gasteiger partial charge is 0.266 e. The number of nitrogens with one attached hydrogen (secondary N) is 1. The summed E-state index contributed by atoms with van der Waals surface area (Å²) in [6, 6.07) is 7.77. The van der Waals surface area contributed by atoms with Crippen LogP contribution in [0, 0.1) is 5.92 Å². The first-order valence-corrected chi connectivity index (χ1v) is 8.40. The molecule has 2 aromatic rings. The van der Waals surface area contributed by atoms with Crippen LogP contribution in [0.1, 0.15) is 42.3 Å². The SMILES string of the molecule is C[C@H]1CCCCC1=NNC(=O)c1sc2ccccc2c1Cl. The predicted molar refractivity (Wildman–Crippen MR) is 89.4 cm³/mol. The normalized spacial score (nSPS) is 20.9. The van der Waals surface area contributed by atoms with E-state index in [9.17, 15) is 4.79 Å². The molecule has 1 aliphatic rings. The van der Waals surface area contributed by atoms with Gasteiger partial charge in [-0.15, -0.1) is 11.3 Å². The molecule has 3 nitrogen and oxygen atoms in total. The van der Waals surface area contributed by atoms with Gasteiger partial charge in [-0.3, -0.25) is 4.79 Å². The van der Waals surface area contributed by atoms with Crippen molar-refractivity contribution < 1.29 is 4.79 Å². The van der Waals surface area contributed by atoms with E-state index in [1.807, 2.05) is 24.3 Å². The highest BCUT2D eigenvalue weighted by Crippen LogP contribution is 2.35. The Morgan fingerprint density at radius 3 is 2.95 bits per heavy atom. The van der Waals surface area contributed by atoms with Gasteiger partial charge in [-0.2, -0.15) is 5.10 Å². The summed E-state index contributed by atoms with van der Waals surface area (Å²) in [5.41, 5.74) is 3.77. The van der Waals surface area contributed by atoms with Crippen LogP contribution in [0.2, 0.25) is 5.02 Å². The molecule has 1 saturated carbocycles. The molecule has 110 valence electrons. The molecule has 21 heavy (non-hydrogen) atoms. The van der Waals surface area contributed by atoms with Crippen molar-refractivity contribution in [2.75, 3.05) is 0 Å². The molecule has 1 aromatic carbocycles. The first kappa shape index (κ1) is 14.5. The fourth-order valence-corrected chi connectivity index (χ4v) is 4.08. The Morgan fingerprint density at radius 2 is 2.19 bits per heavy atom. The standard InChI is InChI=1S/C16H17ClN2OS/c1-10-6-2-4-8-12(10)18-19-16(20)15-14(17)11-7-3-5-9-13(11)21-15/h3,5,7,9-10H,2,4,6,8H2,1H3,(H,19,20)/t10-/m0/s1. The molecule has 5 heteroatoms. The highest BCUT2D eigenvalue weighted by Gasteiger charge is 2.19. The lowest BCUT2D eigenvalue weighted by Gasteiger charge is -2.19. The second kappa shape index (κ2) is 6.16. The van der Waals surface area contributed by atoms with E-state index in [0.29, 0.717) is 15.8 Å². The summed E-state index contributed by atoms with van der Waals surface area (Å²) in [4.78, 5) is 12.8. The van der Waals surface area contributed by atoms with Crippen molar-refractivity contribution in [2.45, 2.75) is 32.6 Å². The van der Waals surface area contributed by atoms with Crippen LogP contribution in [0.15, 0.2) is 29.4 Å². The summed E-state index contributed by atoms with van der Waals surface area (Å²) in [5, 5.41) is 5.76. The van der Waals surface area contributed by atoms with Gasteiger partial charge in [0.05, 0.1) is 5.02 Å². The van der Waals surface area contributed by atoms with E-state index in [1.54, 1.807) is 0 Å². The molecule has 0 spiro atoms. The quantitative estimate of drug-likeness (QED) is 0.789. The predicted octanol–water partition coefficient (Wildman–Crippen LogP) is 4.85. The molecule has 0 bridgehead atoms. The minimum atomic E-state index is -0.216. The van der Waals surface area contributed by atoms with Crippen molar-refractivity contribution in [3.63, 3.8) is 0 Å². The van der Waals surface area contributed by atoms with Gasteiger partial charge < -0.3 is 0 Å². The fraction of sp³-hybridized carbons (Fsp3) is 0.375. The summed E-state index contributed by atoms with van der Waals surface area (Å²) in [7, 11) is 0. The van der Waals surface area contributed by atoms with Crippen LogP contribution in [-0.2, 0) is 0 Å². The number of hydrogen-bond donors (Lipinski definition) is 1. The zero-order valence-electron chi connectivity index (χ0n) is 11.9. The van der Waals surface area contributed by atoms with Crippen molar-refractivity contribution in [3.05, 3.63) is 34.2 Å². The summed E-state index contributed by atoms with van der Waals surface area (Å²) >= 11 is 7.71. The molecule has 1 aromatic heterocycles. The second-order valence-electron chi connectivity index (χ2n) is 5.43. The van der Waals surface area contributed by atoms with Gasteiger partial charge in [0.2, 0.25) is 0 Å². The van der Waals surface area contributed by atoms with E-state index < -0.39 is 0 Å². The van der Waals surface area contributed by atoms with E-state index in [4.69, 9.17) is 11.6 Å². The van der Waals surface area contributed by atoms with E-state index in [0.717, 1.165) is 35.1 Å². The maximum atomic E-state index is 12.3. The van der Waals surface area contributed by atoms with Crippen molar-refractivity contribution in [1.82, 2.24) is 5.43 Å². The molecule has 0 radical (unpaired) electrons. The molecular formula is C16H17ClN2OS. The third-order valence-corrected chi connectivity index (χ3v) is 5.61. The monoisotopic (exact) mass is 320 g/mol. The first-order valence-electron chi connectivity index (χ1n) is 7.20. The van der Waals surface area contributed by atoms with Gasteiger partial charge >= 0.3 is 0 Å². The van der Waals surface area contributed by atoms with Crippen molar-refractivity contribution in [2.24, 2.45) is 11.0 Å². The van der Waals surface area contributed by atoms with E-state index in [2.05, 4.69) is 17.5 Å². The van der Waals surface area contributed by atoms with Gasteiger partial charge in [-0.25, -0.2) is 5.43 Å². The van der Waals surface area contributed by atoms with Gasteiger partial charge in [0.1, 0.15) is 4.88 Å². The Balaban J connectivity index is 1.81. The molecule has 1 aliphatic carbocycles. The third-order valence-electron chi connectivity index (χ3n) is 3.93. The number of halogens is 1. The molecule has 1 atom stereocenters. The van der Waals surface area contributed by atoms with E-state index in [1.165, 1.54) is 17.8 Å². The molecule has 1 fully saturated rings. The number of hydrazone groups is 1. The summed E-state index contributed by atoms with van der Waals surface area (Å²) in [6.07, 6.45) is 4.53. The van der Waals surface area contributed by atoms with Gasteiger partial charge in [0.15, 0.2) is 0 Å². The third kappa shape index (κ3) is 2.97. The molecule has 0 unspecified atom stereocenters. The molecule has 1 amide bonds. The maximum absolute atomic E-state index is 12.3. The van der Waals surface area contributed by atoms with E-state index >= 15 is 0 Å². The van der Waals surface area contributed by atoms with Crippen molar-refractivity contribution >= 4 is 44.6 Å². The topological polar surface area (TPSA) is 41.5 Å². The number of thiophene rings is 1. The largest absolute Gasteiger partial charge is 0.283 e. The molecule has 1 N–H and O–H groups in total. The Labute approximate surface area is 133 Å². The Morgan fingerprint density at radius 1 is 1.38 bits per heavy atom. The fourth-order valence-electron chi connectivity index (χ4n) is 2.67. The number of hydrogen-bond acceptors (Lipinski definition) is 3. The van der Waals surface area contributed by atoms with Crippen LogP contribution in [0.3, 0.4) is 0 Å². The van der Waals surface area contributed by atoms with Gasteiger partial charge in [0, 0.05) is 15.8 Å². The molecule has 0 aliphatic heterocycles. The lowest BCUT2D eigenvalue weighted by Crippen LogP contribution is -2.23. The van der Waals surface area contributed by atoms with Crippen LogP contribution < -0.4 is 5.43 Å². The lowest BCUT2D eigenvalue weighted by molar-refractivity contribution is 0.0958. The number of rotatable bonds is 2. The average Bonchev–Trinajstić information content (AvgIpc) is 2.84. The summed E-state index contributed by atoms with van der Waals surface area (Å²) in [6.45, 7) is 2.16. The molecular weight excluding hydrogens is 304 g/mol. The Kier molecular flexibility index (Phi) is 4.27. The number of carbonyl (C=O) groups excluding carboxylic acids is 1. The highest BCUT2D eigenvalue weighted by molar-refractivity contribution is 7.21. The van der Waals surface area contributed by atoms with Gasteiger partial charge in [-0.1, -0.05) is 43.1 Å². The number of carbonyl (C=O) groups is 1. The summed E-state index contributed by atoms with van der Waals surface area (Å²) < 4.78 is 1.02. The minimum absolute atomic E-state index is 0.216. The maximum Gasteiger partial charge on any atom is 0.283 e. The van der Waals surface area contributed by atoms with Crippen LogP contribution in [0.25, 0.3) is 10.1 Å². The average molecular weight is 321 g/mol. The number of nitrogens with zero attached hydrogens (tertiary/aromatic N) is 1. The Bertz CT molecular complexity index is 707. The molecule has 1 heterocycles. The molecule has 3 rings (SSSR count). The minimum Gasteiger partial charge on any atom is -0.266 e. The Hall–Kier alpha value is -1.39. The highest BCUT2D eigenvalue weighted by atomic mass is 35.5. The van der Waals surface area contributed by atoms with Gasteiger partial charge in [0.25, 0.3) is 5.91 Å². The van der Waals surface area contributed by atoms with Crippen LogP contribution in [0.5, 0.6) is 0 Å². The van der Waals surface area contributed by atoms with Crippen molar-refractivity contribution in [3.8, 4) is 0 Å². The number of fused-ring (bicyclic) bond motifs is 1. The van der Waals surface area contributed by atoms with Crippen LogP contribution >= 0.6 is 22.9 Å². The first-order chi connectivity index (χ1) is 10.2. The van der Waals surface area contributed by atoms with Crippen molar-refractivity contribution in [1.29, 1.82) is 0 Å². The summed E-state index contributed by atoms with van der Waals surface area (Å²) in [5.74, 6) is 0.239. The van der Waals surface area contributed by atoms with Crippen LogP contribution in [-0.4, -0.2) is 11.6 Å². The number of amides is 1. The zero-order valence-corrected chi connectivity index (χ0v) is 13.4. The van der Waals surface area contributed by atoms with E-state index in [-0.39, 0.29) is 5.91 Å². The molecule has 0 saturated heterocycles. The van der Waals surface area contributed by atoms with Crippen LogP contribution in [0.4, 0.5) is 0 Å².